The molecule has 25 heavy (non-hydrogen) atoms. The molecule has 1 aliphatic heterocycles. The van der Waals surface area contributed by atoms with Crippen LogP contribution in [0.1, 0.15) is 11.3 Å². The summed E-state index contributed by atoms with van der Waals surface area (Å²) in [6, 6.07) is 12.4. The molecule has 2 heterocycles. The number of amides is 1. The molecule has 0 atom stereocenters. The van der Waals surface area contributed by atoms with E-state index >= 15 is 0 Å². The first kappa shape index (κ1) is 17.6. The molecule has 1 amide bonds. The summed E-state index contributed by atoms with van der Waals surface area (Å²) >= 11 is 0. The van der Waals surface area contributed by atoms with Gasteiger partial charge in [-0.05, 0) is 36.8 Å². The van der Waals surface area contributed by atoms with Crippen molar-refractivity contribution in [2.45, 2.75) is 18.2 Å². The predicted octanol–water partition coefficient (Wildman–Crippen LogP) is 1.47. The van der Waals surface area contributed by atoms with Crippen LogP contribution in [0.3, 0.4) is 0 Å². The van der Waals surface area contributed by atoms with E-state index in [1.54, 1.807) is 29.3 Å². The first-order chi connectivity index (χ1) is 12.0. The number of aryl methyl sites for hydroxylation is 1. The third kappa shape index (κ3) is 4.05. The number of piperazine rings is 1. The van der Waals surface area contributed by atoms with Crippen molar-refractivity contribution in [1.29, 1.82) is 0 Å². The Morgan fingerprint density at radius 2 is 1.84 bits per heavy atom. The van der Waals surface area contributed by atoms with Crippen molar-refractivity contribution in [3.05, 3.63) is 59.9 Å². The molecule has 1 aliphatic rings. The summed E-state index contributed by atoms with van der Waals surface area (Å²) < 4.78 is 26.9. The second-order valence-corrected chi connectivity index (χ2v) is 8.04. The highest BCUT2D eigenvalue weighted by Crippen LogP contribution is 2.19. The molecule has 1 aromatic carbocycles. The molecule has 132 valence electrons. The number of hydrogen-bond acceptors (Lipinski definition) is 4. The van der Waals surface area contributed by atoms with Crippen molar-refractivity contribution in [1.82, 2.24) is 14.2 Å². The number of carbonyl (C=O) groups is 1. The molecule has 0 unspecified atom stereocenters. The highest BCUT2D eigenvalue weighted by atomic mass is 32.2. The molecule has 1 aromatic heterocycles. The smallest absolute Gasteiger partial charge is 0.243 e. The largest absolute Gasteiger partial charge is 0.340 e. The van der Waals surface area contributed by atoms with Gasteiger partial charge in [-0.25, -0.2) is 8.42 Å². The lowest BCUT2D eigenvalue weighted by Crippen LogP contribution is -2.50. The average Bonchev–Trinajstić information content (AvgIpc) is 2.62. The summed E-state index contributed by atoms with van der Waals surface area (Å²) in [5.74, 6) is -0.0219. The van der Waals surface area contributed by atoms with Crippen LogP contribution in [0, 0.1) is 6.92 Å². The van der Waals surface area contributed by atoms with Gasteiger partial charge in [-0.2, -0.15) is 4.31 Å². The summed E-state index contributed by atoms with van der Waals surface area (Å²) in [6.07, 6.45) is 1.90. The first-order valence-electron chi connectivity index (χ1n) is 8.21. The van der Waals surface area contributed by atoms with Crippen LogP contribution in [0.2, 0.25) is 0 Å². The SMILES string of the molecule is Cc1cccc(S(=O)(=O)N2CCN(C(=O)Cc3ccccn3)CC2)c1. The molecule has 0 radical (unpaired) electrons. The lowest BCUT2D eigenvalue weighted by molar-refractivity contribution is -0.131. The van der Waals surface area contributed by atoms with Crippen molar-refractivity contribution in [3.8, 4) is 0 Å². The quantitative estimate of drug-likeness (QED) is 0.829. The molecular weight excluding hydrogens is 338 g/mol. The second-order valence-electron chi connectivity index (χ2n) is 6.10. The van der Waals surface area contributed by atoms with Gasteiger partial charge in [-0.15, -0.1) is 0 Å². The predicted molar refractivity (Wildman–Crippen MR) is 94.5 cm³/mol. The fraction of sp³-hybridized carbons (Fsp3) is 0.333. The van der Waals surface area contributed by atoms with E-state index in [2.05, 4.69) is 4.98 Å². The highest BCUT2D eigenvalue weighted by molar-refractivity contribution is 7.89. The monoisotopic (exact) mass is 359 g/mol. The zero-order valence-electron chi connectivity index (χ0n) is 14.1. The number of hydrogen-bond donors (Lipinski definition) is 0. The van der Waals surface area contributed by atoms with Gasteiger partial charge in [0.05, 0.1) is 11.3 Å². The van der Waals surface area contributed by atoms with Crippen molar-refractivity contribution in [3.63, 3.8) is 0 Å². The molecule has 0 aliphatic carbocycles. The average molecular weight is 359 g/mol. The van der Waals surface area contributed by atoms with E-state index in [4.69, 9.17) is 0 Å². The van der Waals surface area contributed by atoms with Gasteiger partial charge in [0.2, 0.25) is 15.9 Å². The fourth-order valence-corrected chi connectivity index (χ4v) is 4.40. The molecule has 6 nitrogen and oxygen atoms in total. The van der Waals surface area contributed by atoms with Crippen LogP contribution in [0.15, 0.2) is 53.6 Å². The molecule has 1 fully saturated rings. The maximum absolute atomic E-state index is 12.7. The zero-order valence-corrected chi connectivity index (χ0v) is 14.9. The Morgan fingerprint density at radius 1 is 1.08 bits per heavy atom. The zero-order chi connectivity index (χ0) is 17.9. The molecule has 0 N–H and O–H groups in total. The van der Waals surface area contributed by atoms with Crippen LogP contribution in [0.5, 0.6) is 0 Å². The Balaban J connectivity index is 1.62. The van der Waals surface area contributed by atoms with Gasteiger partial charge in [-0.1, -0.05) is 18.2 Å². The normalized spacial score (nSPS) is 16.0. The molecule has 3 rings (SSSR count). The van der Waals surface area contributed by atoms with Gasteiger partial charge < -0.3 is 4.90 Å². The summed E-state index contributed by atoms with van der Waals surface area (Å²) in [4.78, 5) is 18.5. The summed E-state index contributed by atoms with van der Waals surface area (Å²) in [5, 5.41) is 0. The number of rotatable bonds is 4. The molecular formula is C18H21N3O3S. The Kier molecular flexibility index (Phi) is 5.15. The van der Waals surface area contributed by atoms with Gasteiger partial charge in [0, 0.05) is 38.1 Å². The lowest BCUT2D eigenvalue weighted by Gasteiger charge is -2.34. The van der Waals surface area contributed by atoms with Gasteiger partial charge in [-0.3, -0.25) is 9.78 Å². The third-order valence-electron chi connectivity index (χ3n) is 4.28. The van der Waals surface area contributed by atoms with Gasteiger partial charge in [0.15, 0.2) is 0 Å². The summed E-state index contributed by atoms with van der Waals surface area (Å²) in [5.41, 5.74) is 1.63. The maximum atomic E-state index is 12.7. The van der Waals surface area contributed by atoms with Crippen molar-refractivity contribution in [2.75, 3.05) is 26.2 Å². The van der Waals surface area contributed by atoms with Gasteiger partial charge >= 0.3 is 0 Å². The Bertz CT molecular complexity index is 845. The van der Waals surface area contributed by atoms with Crippen molar-refractivity contribution in [2.24, 2.45) is 0 Å². The number of benzene rings is 1. The summed E-state index contributed by atoms with van der Waals surface area (Å²) in [7, 11) is -3.51. The molecule has 1 saturated heterocycles. The van der Waals surface area contributed by atoms with Crippen LogP contribution in [-0.4, -0.2) is 54.7 Å². The van der Waals surface area contributed by atoms with E-state index in [1.165, 1.54) is 4.31 Å². The van der Waals surface area contributed by atoms with Crippen LogP contribution in [0.4, 0.5) is 0 Å². The molecule has 0 saturated carbocycles. The maximum Gasteiger partial charge on any atom is 0.243 e. The highest BCUT2D eigenvalue weighted by Gasteiger charge is 2.30. The van der Waals surface area contributed by atoms with Gasteiger partial charge in [0.1, 0.15) is 0 Å². The summed E-state index contributed by atoms with van der Waals surface area (Å²) in [6.45, 7) is 3.29. The van der Waals surface area contributed by atoms with E-state index < -0.39 is 10.0 Å². The van der Waals surface area contributed by atoms with Crippen molar-refractivity contribution >= 4 is 15.9 Å². The lowest BCUT2D eigenvalue weighted by atomic mass is 10.2. The Hall–Kier alpha value is -2.25. The standard InChI is InChI=1S/C18H21N3O3S/c1-15-5-4-7-17(13-15)25(23,24)21-11-9-20(10-12-21)18(22)14-16-6-2-3-8-19-16/h2-8,13H,9-12,14H2,1H3. The number of pyridine rings is 1. The second kappa shape index (κ2) is 7.33. The molecule has 0 spiro atoms. The first-order valence-corrected chi connectivity index (χ1v) is 9.65. The van der Waals surface area contributed by atoms with Crippen molar-refractivity contribution < 1.29 is 13.2 Å². The Labute approximate surface area is 148 Å². The van der Waals surface area contributed by atoms with E-state index in [9.17, 15) is 13.2 Å². The topological polar surface area (TPSA) is 70.6 Å². The fourth-order valence-electron chi connectivity index (χ4n) is 2.87. The molecule has 0 bridgehead atoms. The third-order valence-corrected chi connectivity index (χ3v) is 6.17. The minimum atomic E-state index is -3.51. The Morgan fingerprint density at radius 3 is 2.48 bits per heavy atom. The van der Waals surface area contributed by atoms with Crippen LogP contribution in [0.25, 0.3) is 0 Å². The number of sulfonamides is 1. The molecule has 7 heteroatoms. The van der Waals surface area contributed by atoms with E-state index in [0.29, 0.717) is 31.1 Å². The number of aromatic nitrogens is 1. The number of carbonyl (C=O) groups excluding carboxylic acids is 1. The van der Waals surface area contributed by atoms with Gasteiger partial charge in [0.25, 0.3) is 0 Å². The molecule has 2 aromatic rings. The minimum Gasteiger partial charge on any atom is -0.340 e. The van der Waals surface area contributed by atoms with Crippen LogP contribution in [-0.2, 0) is 21.2 Å². The number of nitrogens with zero attached hydrogens (tertiary/aromatic N) is 3. The van der Waals surface area contributed by atoms with E-state index in [-0.39, 0.29) is 12.3 Å². The van der Waals surface area contributed by atoms with E-state index in [1.807, 2.05) is 31.2 Å². The van der Waals surface area contributed by atoms with E-state index in [0.717, 1.165) is 11.3 Å². The van der Waals surface area contributed by atoms with Crippen LogP contribution < -0.4 is 0 Å². The minimum absolute atomic E-state index is 0.0219. The van der Waals surface area contributed by atoms with Crippen LogP contribution >= 0.6 is 0 Å².